The molecule has 0 aromatic heterocycles. The van der Waals surface area contributed by atoms with Crippen LogP contribution in [0.3, 0.4) is 0 Å². The first kappa shape index (κ1) is 34.7. The van der Waals surface area contributed by atoms with E-state index in [2.05, 4.69) is 6.92 Å². The molecule has 3 fully saturated rings. The van der Waals surface area contributed by atoms with Crippen molar-refractivity contribution in [2.24, 2.45) is 44.3 Å². The Labute approximate surface area is 254 Å². The van der Waals surface area contributed by atoms with Gasteiger partial charge >= 0.3 is 23.9 Å². The van der Waals surface area contributed by atoms with Gasteiger partial charge in [0.05, 0.1) is 17.9 Å². The second kappa shape index (κ2) is 11.3. The smallest absolute Gasteiger partial charge is 0.311 e. The van der Waals surface area contributed by atoms with Gasteiger partial charge in [-0.1, -0.05) is 34.6 Å². The molecule has 8 atom stereocenters. The summed E-state index contributed by atoms with van der Waals surface area (Å²) < 4.78 is 10.7. The van der Waals surface area contributed by atoms with Crippen molar-refractivity contribution in [2.75, 3.05) is 7.11 Å². The molecule has 0 bridgehead atoms. The summed E-state index contributed by atoms with van der Waals surface area (Å²) in [4.78, 5) is 78.1. The molecule has 242 valence electrons. The van der Waals surface area contributed by atoms with Gasteiger partial charge in [-0.3, -0.25) is 28.8 Å². The molecule has 0 aromatic carbocycles. The van der Waals surface area contributed by atoms with E-state index in [0.717, 1.165) is 0 Å². The van der Waals surface area contributed by atoms with Gasteiger partial charge in [-0.05, 0) is 81.5 Å². The molecule has 0 unspecified atom stereocenters. The zero-order valence-electron chi connectivity index (χ0n) is 27.3. The van der Waals surface area contributed by atoms with Crippen LogP contribution >= 0.6 is 0 Å². The SMILES string of the molecule is COC(=O)[C@]1(C)CC[C@]2(C)CC[C@](C)(C(=O)O)[C@@](C)(CC(=O)C(=O)[C@@]3(C)CC[C@H](OC(C)=O)C(C)(C)[C@@H]3CC(=O)O)[C@@H]2C1. The minimum atomic E-state index is -1.36. The number of fused-ring (bicyclic) bond motifs is 1. The van der Waals surface area contributed by atoms with E-state index in [9.17, 15) is 39.0 Å². The summed E-state index contributed by atoms with van der Waals surface area (Å²) in [6.45, 7) is 13.7. The molecule has 3 rings (SSSR count). The van der Waals surface area contributed by atoms with Crippen LogP contribution in [0.15, 0.2) is 0 Å². The van der Waals surface area contributed by atoms with E-state index < -0.39 is 75.0 Å². The van der Waals surface area contributed by atoms with Crippen molar-refractivity contribution in [2.45, 2.75) is 119 Å². The summed E-state index contributed by atoms with van der Waals surface area (Å²) in [6, 6.07) is 0. The number of rotatable bonds is 9. The van der Waals surface area contributed by atoms with Gasteiger partial charge in [0.1, 0.15) is 6.10 Å². The zero-order valence-corrected chi connectivity index (χ0v) is 27.3. The maximum absolute atomic E-state index is 14.3. The standard InChI is InChI=1S/C33H50O10/c1-19(34)43-23-10-11-31(6,21(16-24(36)37)28(23,2)3)25(38)20(35)17-33(8)22-18-30(5,27(41)42-9)13-12-29(22,4)14-15-32(33,7)26(39)40/h21-23H,10-18H2,1-9H3,(H,36,37)(H,39,40)/t21-,22+,23-,29+,30+,31-,32+,33-/m0/s1. The number of hydrogen-bond donors (Lipinski definition) is 2. The van der Waals surface area contributed by atoms with Crippen molar-refractivity contribution in [1.29, 1.82) is 0 Å². The normalized spacial score (nSPS) is 40.4. The molecule has 0 heterocycles. The Morgan fingerprint density at radius 1 is 0.837 bits per heavy atom. The molecule has 3 saturated carbocycles. The highest BCUT2D eigenvalue weighted by Gasteiger charge is 2.66. The molecule has 0 spiro atoms. The fourth-order valence-electron chi connectivity index (χ4n) is 9.24. The van der Waals surface area contributed by atoms with Crippen molar-refractivity contribution in [1.82, 2.24) is 0 Å². The Morgan fingerprint density at radius 2 is 1.42 bits per heavy atom. The van der Waals surface area contributed by atoms with Crippen LogP contribution in [0.2, 0.25) is 0 Å². The highest BCUT2D eigenvalue weighted by Crippen LogP contribution is 2.68. The highest BCUT2D eigenvalue weighted by molar-refractivity contribution is 6.39. The average Bonchev–Trinajstić information content (AvgIpc) is 2.91. The first-order chi connectivity index (χ1) is 19.5. The predicted molar refractivity (Wildman–Crippen MR) is 156 cm³/mol. The summed E-state index contributed by atoms with van der Waals surface area (Å²) >= 11 is 0. The monoisotopic (exact) mass is 606 g/mol. The molecule has 10 nitrogen and oxygen atoms in total. The molecule has 3 aliphatic rings. The van der Waals surface area contributed by atoms with E-state index in [1.54, 1.807) is 34.6 Å². The number of carboxylic acids is 2. The minimum Gasteiger partial charge on any atom is -0.481 e. The van der Waals surface area contributed by atoms with Gasteiger partial charge in [0.2, 0.25) is 5.78 Å². The molecular weight excluding hydrogens is 556 g/mol. The average molecular weight is 607 g/mol. The second-order valence-electron chi connectivity index (χ2n) is 15.5. The Balaban J connectivity index is 2.07. The number of carboxylic acid groups (broad SMARTS) is 2. The third-order valence-corrected chi connectivity index (χ3v) is 12.5. The molecule has 0 radical (unpaired) electrons. The van der Waals surface area contributed by atoms with E-state index in [1.807, 2.05) is 6.92 Å². The van der Waals surface area contributed by atoms with Crippen molar-refractivity contribution in [3.8, 4) is 0 Å². The van der Waals surface area contributed by atoms with Crippen molar-refractivity contribution in [3.05, 3.63) is 0 Å². The maximum Gasteiger partial charge on any atom is 0.311 e. The van der Waals surface area contributed by atoms with Crippen LogP contribution in [0.4, 0.5) is 0 Å². The largest absolute Gasteiger partial charge is 0.481 e. The van der Waals surface area contributed by atoms with E-state index in [1.165, 1.54) is 14.0 Å². The Hall–Kier alpha value is -2.78. The molecule has 0 amide bonds. The van der Waals surface area contributed by atoms with Gasteiger partial charge in [0.15, 0.2) is 5.78 Å². The van der Waals surface area contributed by atoms with Gasteiger partial charge < -0.3 is 19.7 Å². The Morgan fingerprint density at radius 3 is 1.93 bits per heavy atom. The summed E-state index contributed by atoms with van der Waals surface area (Å²) in [6.07, 6.45) is 1.54. The number of hydrogen-bond acceptors (Lipinski definition) is 8. The van der Waals surface area contributed by atoms with E-state index in [4.69, 9.17) is 9.47 Å². The summed E-state index contributed by atoms with van der Waals surface area (Å²) in [5, 5.41) is 20.4. The molecule has 0 saturated heterocycles. The van der Waals surface area contributed by atoms with Crippen LogP contribution in [-0.2, 0) is 38.2 Å². The quantitative estimate of drug-likeness (QED) is 0.262. The van der Waals surface area contributed by atoms with Crippen LogP contribution in [0.1, 0.15) is 113 Å². The third kappa shape index (κ3) is 5.63. The van der Waals surface area contributed by atoms with Gasteiger partial charge in [0.25, 0.3) is 0 Å². The van der Waals surface area contributed by atoms with E-state index >= 15 is 0 Å². The maximum atomic E-state index is 14.3. The fraction of sp³-hybridized carbons (Fsp3) is 0.818. The first-order valence-corrected chi connectivity index (χ1v) is 15.3. The number of esters is 2. The number of carbonyl (C=O) groups is 6. The molecule has 10 heteroatoms. The predicted octanol–water partition coefficient (Wildman–Crippen LogP) is 5.24. The molecule has 2 N–H and O–H groups in total. The van der Waals surface area contributed by atoms with Gasteiger partial charge in [-0.2, -0.15) is 0 Å². The van der Waals surface area contributed by atoms with E-state index in [-0.39, 0.29) is 36.6 Å². The Bertz CT molecular complexity index is 1210. The van der Waals surface area contributed by atoms with Crippen molar-refractivity contribution < 1.29 is 48.5 Å². The molecule has 43 heavy (non-hydrogen) atoms. The Kier molecular flexibility index (Phi) is 9.12. The lowest BCUT2D eigenvalue weighted by Gasteiger charge is -2.63. The van der Waals surface area contributed by atoms with Gasteiger partial charge in [-0.15, -0.1) is 0 Å². The fourth-order valence-corrected chi connectivity index (χ4v) is 9.24. The van der Waals surface area contributed by atoms with Crippen LogP contribution < -0.4 is 0 Å². The topological polar surface area (TPSA) is 161 Å². The van der Waals surface area contributed by atoms with Crippen molar-refractivity contribution in [3.63, 3.8) is 0 Å². The molecular formula is C33H50O10. The number of methoxy groups -OCH3 is 1. The van der Waals surface area contributed by atoms with Crippen LogP contribution in [-0.4, -0.2) is 58.9 Å². The zero-order chi connectivity index (χ0) is 33.0. The number of ketones is 2. The third-order valence-electron chi connectivity index (χ3n) is 12.5. The summed E-state index contributed by atoms with van der Waals surface area (Å²) in [5.74, 6) is -5.72. The second-order valence-corrected chi connectivity index (χ2v) is 15.5. The minimum absolute atomic E-state index is 0.144. The van der Waals surface area contributed by atoms with E-state index in [0.29, 0.717) is 32.1 Å². The highest BCUT2D eigenvalue weighted by atomic mass is 16.5. The van der Waals surface area contributed by atoms with Crippen LogP contribution in [0, 0.1) is 44.3 Å². The number of carbonyl (C=O) groups excluding carboxylic acids is 4. The van der Waals surface area contributed by atoms with Crippen molar-refractivity contribution >= 4 is 35.4 Å². The molecule has 0 aromatic rings. The van der Waals surface area contributed by atoms with Crippen LogP contribution in [0.25, 0.3) is 0 Å². The summed E-state index contributed by atoms with van der Waals surface area (Å²) in [7, 11) is 1.33. The number of ether oxygens (including phenoxy) is 2. The molecule has 3 aliphatic carbocycles. The lowest BCUT2D eigenvalue weighted by atomic mass is 9.40. The lowest BCUT2D eigenvalue weighted by molar-refractivity contribution is -0.195. The number of Topliss-reactive ketones (excluding diaryl/α,β-unsaturated/α-hetero) is 2. The first-order valence-electron chi connectivity index (χ1n) is 15.3. The summed E-state index contributed by atoms with van der Waals surface area (Å²) in [5.41, 5.74) is -6.03. The van der Waals surface area contributed by atoms with Crippen LogP contribution in [0.5, 0.6) is 0 Å². The lowest BCUT2D eigenvalue weighted by Crippen LogP contribution is -2.62. The number of aliphatic carboxylic acids is 2. The van der Waals surface area contributed by atoms with Gasteiger partial charge in [-0.25, -0.2) is 0 Å². The molecule has 0 aliphatic heterocycles. The van der Waals surface area contributed by atoms with Gasteiger partial charge in [0, 0.05) is 30.6 Å².